The summed E-state index contributed by atoms with van der Waals surface area (Å²) < 4.78 is 0.775. The molecule has 2 aromatic rings. The number of hydrogen-bond donors (Lipinski definition) is 2. The van der Waals surface area contributed by atoms with E-state index in [0.29, 0.717) is 12.4 Å². The minimum Gasteiger partial charge on any atom is -0.368 e. The molecule has 0 spiro atoms. The molecule has 5 nitrogen and oxygen atoms in total. The second-order valence-corrected chi connectivity index (χ2v) is 4.93. The molecular weight excluding hydrogens is 308 g/mol. The van der Waals surface area contributed by atoms with E-state index < -0.39 is 11.9 Å². The van der Waals surface area contributed by atoms with Crippen LogP contribution in [0.2, 0.25) is 0 Å². The molecule has 0 aliphatic heterocycles. The summed E-state index contributed by atoms with van der Waals surface area (Å²) in [6, 6.07) is 9.12. The number of carbonyl (C=O) groups is 1. The predicted octanol–water partition coefficient (Wildman–Crippen LogP) is 1.75. The fourth-order valence-electron chi connectivity index (χ4n) is 1.62. The van der Waals surface area contributed by atoms with Crippen LogP contribution in [0, 0.1) is 0 Å². The van der Waals surface area contributed by atoms with Gasteiger partial charge in [-0.2, -0.15) is 0 Å². The van der Waals surface area contributed by atoms with Crippen LogP contribution < -0.4 is 11.1 Å². The molecular formula is C13H13BrN4O. The predicted molar refractivity (Wildman–Crippen MR) is 76.5 cm³/mol. The van der Waals surface area contributed by atoms with Gasteiger partial charge in [-0.1, -0.05) is 30.3 Å². The molecule has 1 atom stereocenters. The van der Waals surface area contributed by atoms with E-state index in [0.717, 1.165) is 10.0 Å². The standard InChI is InChI=1S/C13H13BrN4O/c14-10-7-16-13(17-8-10)18-11(12(15)19)6-9-4-2-1-3-5-9/h1-5,7-8,11H,6H2,(H2,15,19)(H,16,17,18). The van der Waals surface area contributed by atoms with Crippen LogP contribution >= 0.6 is 15.9 Å². The monoisotopic (exact) mass is 320 g/mol. The zero-order valence-electron chi connectivity index (χ0n) is 10.1. The van der Waals surface area contributed by atoms with Crippen molar-refractivity contribution < 1.29 is 4.79 Å². The molecule has 19 heavy (non-hydrogen) atoms. The summed E-state index contributed by atoms with van der Waals surface area (Å²) in [5.41, 5.74) is 6.42. The lowest BCUT2D eigenvalue weighted by atomic mass is 10.1. The van der Waals surface area contributed by atoms with E-state index in [2.05, 4.69) is 31.2 Å². The molecule has 0 fully saturated rings. The number of hydrogen-bond acceptors (Lipinski definition) is 4. The number of halogens is 1. The van der Waals surface area contributed by atoms with Crippen molar-refractivity contribution in [2.24, 2.45) is 5.73 Å². The Hall–Kier alpha value is -1.95. The number of benzene rings is 1. The average Bonchev–Trinajstić information content (AvgIpc) is 2.41. The molecule has 98 valence electrons. The van der Waals surface area contributed by atoms with Gasteiger partial charge in [-0.05, 0) is 21.5 Å². The van der Waals surface area contributed by atoms with E-state index in [1.165, 1.54) is 0 Å². The van der Waals surface area contributed by atoms with Gasteiger partial charge < -0.3 is 11.1 Å². The van der Waals surface area contributed by atoms with Crippen molar-refractivity contribution in [3.63, 3.8) is 0 Å². The third kappa shape index (κ3) is 4.03. The maximum Gasteiger partial charge on any atom is 0.240 e. The molecule has 0 aliphatic rings. The van der Waals surface area contributed by atoms with E-state index in [-0.39, 0.29) is 0 Å². The molecule has 0 saturated heterocycles. The van der Waals surface area contributed by atoms with Crippen LogP contribution in [0.15, 0.2) is 47.2 Å². The van der Waals surface area contributed by atoms with Gasteiger partial charge in [0.1, 0.15) is 6.04 Å². The van der Waals surface area contributed by atoms with Crippen molar-refractivity contribution in [3.05, 3.63) is 52.8 Å². The summed E-state index contributed by atoms with van der Waals surface area (Å²) in [6.07, 6.45) is 3.71. The van der Waals surface area contributed by atoms with Gasteiger partial charge in [0.15, 0.2) is 0 Å². The smallest absolute Gasteiger partial charge is 0.240 e. The fourth-order valence-corrected chi connectivity index (χ4v) is 1.82. The first-order valence-corrected chi connectivity index (χ1v) is 6.52. The SMILES string of the molecule is NC(=O)C(Cc1ccccc1)Nc1ncc(Br)cn1. The van der Waals surface area contributed by atoms with Crippen molar-refractivity contribution in [3.8, 4) is 0 Å². The summed E-state index contributed by atoms with van der Waals surface area (Å²) in [5.74, 6) is -0.0571. The van der Waals surface area contributed by atoms with Gasteiger partial charge in [-0.25, -0.2) is 9.97 Å². The fraction of sp³-hybridized carbons (Fsp3) is 0.154. The molecule has 1 aromatic heterocycles. The van der Waals surface area contributed by atoms with Crippen LogP contribution in [0.25, 0.3) is 0 Å². The van der Waals surface area contributed by atoms with E-state index in [4.69, 9.17) is 5.73 Å². The number of nitrogens with two attached hydrogens (primary N) is 1. The van der Waals surface area contributed by atoms with Gasteiger partial charge in [0, 0.05) is 18.8 Å². The van der Waals surface area contributed by atoms with Crippen molar-refractivity contribution >= 4 is 27.8 Å². The molecule has 0 saturated carbocycles. The number of anilines is 1. The molecule has 1 heterocycles. The first-order chi connectivity index (χ1) is 9.15. The van der Waals surface area contributed by atoms with Crippen molar-refractivity contribution in [2.75, 3.05) is 5.32 Å². The van der Waals surface area contributed by atoms with Crippen molar-refractivity contribution in [1.29, 1.82) is 0 Å². The molecule has 0 bridgehead atoms. The Labute approximate surface area is 119 Å². The van der Waals surface area contributed by atoms with Crippen LogP contribution in [0.3, 0.4) is 0 Å². The Morgan fingerprint density at radius 2 is 1.89 bits per heavy atom. The number of nitrogens with zero attached hydrogens (tertiary/aromatic N) is 2. The quantitative estimate of drug-likeness (QED) is 0.879. The molecule has 3 N–H and O–H groups in total. The summed E-state index contributed by atoms with van der Waals surface area (Å²) in [5, 5.41) is 2.94. The number of primary amides is 1. The molecule has 0 aliphatic carbocycles. The second kappa shape index (κ2) is 6.29. The van der Waals surface area contributed by atoms with Crippen LogP contribution in [-0.2, 0) is 11.2 Å². The highest BCUT2D eigenvalue weighted by molar-refractivity contribution is 9.10. The van der Waals surface area contributed by atoms with Crippen LogP contribution in [0.5, 0.6) is 0 Å². The van der Waals surface area contributed by atoms with Gasteiger partial charge >= 0.3 is 0 Å². The highest BCUT2D eigenvalue weighted by Gasteiger charge is 2.16. The van der Waals surface area contributed by atoms with Crippen molar-refractivity contribution in [1.82, 2.24) is 9.97 Å². The second-order valence-electron chi connectivity index (χ2n) is 4.01. The minimum atomic E-state index is -0.538. The normalized spacial score (nSPS) is 11.8. The molecule has 2 rings (SSSR count). The summed E-state index contributed by atoms with van der Waals surface area (Å²) in [4.78, 5) is 19.6. The van der Waals surface area contributed by atoms with E-state index >= 15 is 0 Å². The third-order valence-corrected chi connectivity index (χ3v) is 2.96. The minimum absolute atomic E-state index is 0.378. The molecule has 1 aromatic carbocycles. The first kappa shape index (κ1) is 13.5. The molecule has 6 heteroatoms. The Morgan fingerprint density at radius 1 is 1.26 bits per heavy atom. The highest BCUT2D eigenvalue weighted by Crippen LogP contribution is 2.10. The van der Waals surface area contributed by atoms with Crippen molar-refractivity contribution in [2.45, 2.75) is 12.5 Å². The Morgan fingerprint density at radius 3 is 2.47 bits per heavy atom. The zero-order valence-corrected chi connectivity index (χ0v) is 11.7. The number of aromatic nitrogens is 2. The zero-order chi connectivity index (χ0) is 13.7. The molecule has 1 amide bonds. The van der Waals surface area contributed by atoms with Gasteiger partial charge in [-0.3, -0.25) is 4.79 Å². The van der Waals surface area contributed by atoms with Crippen LogP contribution in [-0.4, -0.2) is 21.9 Å². The van der Waals surface area contributed by atoms with Gasteiger partial charge in [0.25, 0.3) is 0 Å². The topological polar surface area (TPSA) is 80.9 Å². The van der Waals surface area contributed by atoms with E-state index in [9.17, 15) is 4.79 Å². The lowest BCUT2D eigenvalue weighted by Gasteiger charge is -2.15. The van der Waals surface area contributed by atoms with Gasteiger partial charge in [-0.15, -0.1) is 0 Å². The Bertz CT molecular complexity index is 544. The largest absolute Gasteiger partial charge is 0.368 e. The number of amides is 1. The first-order valence-electron chi connectivity index (χ1n) is 5.72. The lowest BCUT2D eigenvalue weighted by molar-refractivity contribution is -0.118. The molecule has 0 radical (unpaired) electrons. The van der Waals surface area contributed by atoms with Gasteiger partial charge in [0.05, 0.1) is 4.47 Å². The van der Waals surface area contributed by atoms with Crippen LogP contribution in [0.4, 0.5) is 5.95 Å². The Balaban J connectivity index is 2.08. The maximum absolute atomic E-state index is 11.5. The number of rotatable bonds is 5. The number of carbonyl (C=O) groups excluding carboxylic acids is 1. The van der Waals surface area contributed by atoms with Crippen LogP contribution in [0.1, 0.15) is 5.56 Å². The van der Waals surface area contributed by atoms with E-state index in [1.807, 2.05) is 30.3 Å². The molecule has 1 unspecified atom stereocenters. The van der Waals surface area contributed by atoms with E-state index in [1.54, 1.807) is 12.4 Å². The lowest BCUT2D eigenvalue weighted by Crippen LogP contribution is -2.37. The number of nitrogens with one attached hydrogen (secondary N) is 1. The maximum atomic E-state index is 11.5. The Kier molecular flexibility index (Phi) is 4.46. The average molecular weight is 321 g/mol. The summed E-state index contributed by atoms with van der Waals surface area (Å²) in [6.45, 7) is 0. The van der Waals surface area contributed by atoms with Gasteiger partial charge in [0.2, 0.25) is 11.9 Å². The summed E-state index contributed by atoms with van der Waals surface area (Å²) >= 11 is 3.25. The third-order valence-electron chi connectivity index (χ3n) is 2.55. The summed E-state index contributed by atoms with van der Waals surface area (Å²) in [7, 11) is 0. The highest BCUT2D eigenvalue weighted by atomic mass is 79.9.